The van der Waals surface area contributed by atoms with E-state index in [2.05, 4.69) is 138 Å². The molecule has 0 amide bonds. The smallest absolute Gasteiger partial charge is 0.0533 e. The second-order valence-corrected chi connectivity index (χ2v) is 34.7. The molecule has 0 spiro atoms. The zero-order valence-electron chi connectivity index (χ0n) is 83.6. The van der Waals surface area contributed by atoms with Crippen molar-refractivity contribution in [2.45, 2.75) is 716 Å². The minimum absolute atomic E-state index is 1.37. The van der Waals surface area contributed by atoms with Crippen LogP contribution in [0.15, 0.2) is 0 Å². The van der Waals surface area contributed by atoms with E-state index < -0.39 is 0 Å². The molecule has 0 saturated carbocycles. The van der Waals surface area contributed by atoms with Crippen LogP contribution in [0, 0.1) is 0 Å². The van der Waals surface area contributed by atoms with Crippen LogP contribution < -0.4 is 0 Å². The first kappa shape index (κ1) is 131. The zero-order valence-corrected chi connectivity index (χ0v) is 83.6. The Bertz CT molecular complexity index is 850. The van der Waals surface area contributed by atoms with Gasteiger partial charge in [0.1, 0.15) is 0 Å². The summed E-state index contributed by atoms with van der Waals surface area (Å²) in [6.45, 7) is 45.5. The van der Waals surface area contributed by atoms with Crippen LogP contribution in [-0.2, 0) is 0 Å². The maximum atomic E-state index is 2.30. The van der Waals surface area contributed by atoms with Crippen molar-refractivity contribution in [3.8, 4) is 0 Å². The molecule has 0 aromatic carbocycles. The molecule has 0 heterocycles. The van der Waals surface area contributed by atoms with E-state index in [4.69, 9.17) is 0 Å². The van der Waals surface area contributed by atoms with Gasteiger partial charge in [-0.1, -0.05) is 716 Å². The molecular weight excluding hydrogens is 1320 g/mol. The molecule has 0 saturated heterocycles. The summed E-state index contributed by atoms with van der Waals surface area (Å²) in [7, 11) is 0. The van der Waals surface area contributed by atoms with E-state index in [-0.39, 0.29) is 0 Å². The van der Waals surface area contributed by atoms with E-state index in [1.165, 1.54) is 578 Å². The fourth-order valence-corrected chi connectivity index (χ4v) is 13.8. The molecule has 0 aromatic heterocycles. The van der Waals surface area contributed by atoms with Crippen LogP contribution in [-0.4, -0.2) is 0 Å². The highest BCUT2D eigenvalue weighted by atomic mass is 14.0. The van der Waals surface area contributed by atoms with Crippen molar-refractivity contribution in [3.05, 3.63) is 0 Å². The average molecular weight is 1560 g/mol. The lowest BCUT2D eigenvalue weighted by Crippen LogP contribution is -1.83. The lowest BCUT2D eigenvalue weighted by molar-refractivity contribution is 0.526. The van der Waals surface area contributed by atoms with Crippen molar-refractivity contribution in [2.24, 2.45) is 0 Å². The number of hydrogen-bond acceptors (Lipinski definition) is 0. The molecule has 0 aliphatic carbocycles. The molecule has 0 aliphatic heterocycles. The molecule has 0 N–H and O–H groups in total. The van der Waals surface area contributed by atoms with Crippen LogP contribution in [0.2, 0.25) is 0 Å². The normalized spacial score (nSPS) is 10.4. The Balaban J connectivity index is -0.000000128. The van der Waals surface area contributed by atoms with E-state index >= 15 is 0 Å². The van der Waals surface area contributed by atoms with Gasteiger partial charge in [0.25, 0.3) is 0 Å². The summed E-state index contributed by atoms with van der Waals surface area (Å²) in [5.74, 6) is 0. The fourth-order valence-electron chi connectivity index (χ4n) is 13.8. The van der Waals surface area contributed by atoms with Gasteiger partial charge in [0.15, 0.2) is 0 Å². The van der Waals surface area contributed by atoms with Crippen LogP contribution in [0.5, 0.6) is 0 Å². The van der Waals surface area contributed by atoms with Crippen molar-refractivity contribution in [1.29, 1.82) is 0 Å². The number of hydrogen-bond donors (Lipinski definition) is 0. The highest BCUT2D eigenvalue weighted by molar-refractivity contribution is 4.54. The van der Waals surface area contributed by atoms with Crippen molar-refractivity contribution in [3.63, 3.8) is 0 Å². The fraction of sp³-hybridized carbons (Fsp3) is 1.00. The Morgan fingerprint density at radius 2 is 0.0727 bits per heavy atom. The monoisotopic (exact) mass is 1560 g/mol. The highest BCUT2D eigenvalue weighted by Crippen LogP contribution is 2.18. The lowest BCUT2D eigenvalue weighted by atomic mass is 10.0. The minimum Gasteiger partial charge on any atom is -0.0654 e. The molecule has 0 radical (unpaired) electrons. The van der Waals surface area contributed by atoms with Crippen molar-refractivity contribution >= 4 is 0 Å². The molecule has 0 rings (SSSR count). The van der Waals surface area contributed by atoms with Gasteiger partial charge in [0.05, 0.1) is 0 Å². The van der Waals surface area contributed by atoms with Gasteiger partial charge in [-0.25, -0.2) is 0 Å². The van der Waals surface area contributed by atoms with E-state index in [0.717, 1.165) is 0 Å². The Morgan fingerprint density at radius 1 is 0.0455 bits per heavy atom. The van der Waals surface area contributed by atoms with Crippen LogP contribution in [0.1, 0.15) is 716 Å². The van der Waals surface area contributed by atoms with Gasteiger partial charge in [-0.05, 0) is 0 Å². The molecule has 0 unspecified atom stereocenters. The molecule has 0 nitrogen and oxygen atoms in total. The molecule has 0 aromatic rings. The molecule has 110 heavy (non-hydrogen) atoms. The minimum atomic E-state index is 1.37. The SMILES string of the molecule is CCCCCCCCCC.CCCCCCCCCC.CCCCCCCCCC.CCCCCCCCCC.CCCCCCCCCC.CCCCCCCCCC.CCCCCCCCCC.CCCCCCCCCC.CCCCCCCCCC.CCCCCCCCCCCCCCCCCCCC. The van der Waals surface area contributed by atoms with Crippen molar-refractivity contribution in [1.82, 2.24) is 0 Å². The predicted molar refractivity (Wildman–Crippen MR) is 529 cm³/mol. The summed E-state index contributed by atoms with van der Waals surface area (Å²) < 4.78 is 0. The highest BCUT2D eigenvalue weighted by Gasteiger charge is 1.98. The third kappa shape index (κ3) is 193. The number of rotatable bonds is 80. The van der Waals surface area contributed by atoms with Crippen molar-refractivity contribution in [2.75, 3.05) is 0 Å². The van der Waals surface area contributed by atoms with Gasteiger partial charge in [-0.2, -0.15) is 0 Å². The zero-order chi connectivity index (χ0) is 83.6. The third-order valence-electron chi connectivity index (χ3n) is 22.1. The predicted octanol–water partition coefficient (Wildman–Crippen LogP) is 45.4. The van der Waals surface area contributed by atoms with Crippen LogP contribution in [0.3, 0.4) is 0 Å². The number of unbranched alkanes of at least 4 members (excludes halogenated alkanes) is 80. The molecular formula is C110H240. The summed E-state index contributed by atoms with van der Waals surface area (Å²) in [6.07, 6.45) is 130. The first-order chi connectivity index (χ1) is 54.1. The van der Waals surface area contributed by atoms with Crippen molar-refractivity contribution < 1.29 is 0 Å². The molecule has 0 atom stereocenters. The van der Waals surface area contributed by atoms with E-state index in [0.29, 0.717) is 0 Å². The van der Waals surface area contributed by atoms with E-state index in [1.807, 2.05) is 0 Å². The molecule has 0 bridgehead atoms. The Kier molecular flexibility index (Phi) is 186. The topological polar surface area (TPSA) is 0 Å². The molecule has 0 heteroatoms. The largest absolute Gasteiger partial charge is 0.0654 e. The Morgan fingerprint density at radius 3 is 0.100 bits per heavy atom. The quantitative estimate of drug-likeness (QED) is 0.0533. The maximum Gasteiger partial charge on any atom is -0.0533 e. The second kappa shape index (κ2) is 157. The second-order valence-electron chi connectivity index (χ2n) is 34.7. The van der Waals surface area contributed by atoms with Gasteiger partial charge in [-0.3, -0.25) is 0 Å². The first-order valence-electron chi connectivity index (χ1n) is 54.1. The third-order valence-corrected chi connectivity index (χ3v) is 22.1. The maximum absolute atomic E-state index is 2.30. The first-order valence-corrected chi connectivity index (χ1v) is 54.1. The molecule has 0 fully saturated rings. The van der Waals surface area contributed by atoms with E-state index in [1.54, 1.807) is 0 Å². The molecule has 0 aliphatic rings. The standard InChI is InChI=1S/C20H42.9C10H22/c1-3-5-7-9-11-13-15-17-19-20-18-16-14-12-10-8-6-4-2;9*1-3-5-7-9-10-8-6-4-2/h3-20H2,1-2H3;9*3-10H2,1-2H3. The van der Waals surface area contributed by atoms with Crippen LogP contribution in [0.25, 0.3) is 0 Å². The van der Waals surface area contributed by atoms with E-state index in [9.17, 15) is 0 Å². The van der Waals surface area contributed by atoms with Gasteiger partial charge in [0.2, 0.25) is 0 Å². The average Bonchev–Trinajstić information content (AvgIpc) is 3.83. The van der Waals surface area contributed by atoms with Gasteiger partial charge in [-0.15, -0.1) is 0 Å². The Hall–Kier alpha value is 0. The van der Waals surface area contributed by atoms with Crippen LogP contribution >= 0.6 is 0 Å². The van der Waals surface area contributed by atoms with Gasteiger partial charge >= 0.3 is 0 Å². The van der Waals surface area contributed by atoms with Gasteiger partial charge in [0, 0.05) is 0 Å². The summed E-state index contributed by atoms with van der Waals surface area (Å²) in [6, 6.07) is 0. The molecule has 680 valence electrons. The Labute approximate surface area is 712 Å². The van der Waals surface area contributed by atoms with Gasteiger partial charge < -0.3 is 0 Å². The summed E-state index contributed by atoms with van der Waals surface area (Å²) in [4.78, 5) is 0. The summed E-state index contributed by atoms with van der Waals surface area (Å²) >= 11 is 0. The van der Waals surface area contributed by atoms with Crippen LogP contribution in [0.4, 0.5) is 0 Å². The summed E-state index contributed by atoms with van der Waals surface area (Å²) in [5, 5.41) is 0. The lowest BCUT2D eigenvalue weighted by Gasteiger charge is -2.03. The summed E-state index contributed by atoms with van der Waals surface area (Å²) in [5.41, 5.74) is 0.